The Labute approximate surface area is 131 Å². The molecule has 1 aliphatic rings. The van der Waals surface area contributed by atoms with Gasteiger partial charge in [-0.05, 0) is 47.7 Å². The largest absolute Gasteiger partial charge is 0.311 e. The van der Waals surface area contributed by atoms with Gasteiger partial charge in [-0.3, -0.25) is 4.68 Å². The van der Waals surface area contributed by atoms with Crippen LogP contribution >= 0.6 is 15.9 Å². The van der Waals surface area contributed by atoms with Gasteiger partial charge < -0.3 is 5.32 Å². The summed E-state index contributed by atoms with van der Waals surface area (Å²) in [6.45, 7) is 2.29. The highest BCUT2D eigenvalue weighted by molar-refractivity contribution is 9.10. The monoisotopic (exact) mass is 341 g/mol. The second-order valence-electron chi connectivity index (χ2n) is 6.19. The normalized spacial score (nSPS) is 24.8. The lowest BCUT2D eigenvalue weighted by Crippen LogP contribution is -2.30. The van der Waals surface area contributed by atoms with Crippen LogP contribution in [0.25, 0.3) is 0 Å². The van der Waals surface area contributed by atoms with E-state index in [1.165, 1.54) is 50.6 Å². The first kappa shape index (κ1) is 16.0. The van der Waals surface area contributed by atoms with Gasteiger partial charge in [-0.25, -0.2) is 0 Å². The number of halogens is 1. The Morgan fingerprint density at radius 2 is 2.10 bits per heavy atom. The quantitative estimate of drug-likeness (QED) is 0.828. The smallest absolute Gasteiger partial charge is 0.0695 e. The van der Waals surface area contributed by atoms with E-state index >= 15 is 0 Å². The van der Waals surface area contributed by atoms with Gasteiger partial charge in [0.15, 0.2) is 0 Å². The minimum atomic E-state index is 0.420. The number of nitrogens with zero attached hydrogens (tertiary/aromatic N) is 2. The van der Waals surface area contributed by atoms with Gasteiger partial charge in [0.1, 0.15) is 0 Å². The number of rotatable bonds is 6. The first-order chi connectivity index (χ1) is 9.67. The van der Waals surface area contributed by atoms with Crippen molar-refractivity contribution in [1.29, 1.82) is 0 Å². The topological polar surface area (TPSA) is 29.9 Å². The zero-order valence-corrected chi connectivity index (χ0v) is 14.6. The van der Waals surface area contributed by atoms with Crippen LogP contribution in [0.15, 0.2) is 10.7 Å². The summed E-state index contributed by atoms with van der Waals surface area (Å²) in [5.74, 6) is 1.71. The molecule has 0 bridgehead atoms. The van der Waals surface area contributed by atoms with E-state index in [0.29, 0.717) is 6.04 Å². The van der Waals surface area contributed by atoms with Crippen LogP contribution in [0.2, 0.25) is 0 Å². The zero-order valence-electron chi connectivity index (χ0n) is 13.0. The van der Waals surface area contributed by atoms with Gasteiger partial charge in [0.2, 0.25) is 0 Å². The minimum absolute atomic E-state index is 0.420. The third-order valence-corrected chi connectivity index (χ3v) is 5.48. The van der Waals surface area contributed by atoms with Crippen LogP contribution in [0.4, 0.5) is 0 Å². The summed E-state index contributed by atoms with van der Waals surface area (Å²) in [7, 11) is 4.12. The molecule has 0 radical (unpaired) electrons. The molecule has 2 rings (SSSR count). The van der Waals surface area contributed by atoms with Crippen LogP contribution < -0.4 is 5.32 Å². The van der Waals surface area contributed by atoms with E-state index in [1.807, 2.05) is 17.9 Å². The van der Waals surface area contributed by atoms with Gasteiger partial charge in [0.25, 0.3) is 0 Å². The van der Waals surface area contributed by atoms with Crippen molar-refractivity contribution in [2.24, 2.45) is 18.9 Å². The molecule has 0 saturated heterocycles. The average Bonchev–Trinajstić information content (AvgIpc) is 2.79. The van der Waals surface area contributed by atoms with E-state index in [9.17, 15) is 0 Å². The van der Waals surface area contributed by atoms with Crippen LogP contribution in [0, 0.1) is 11.8 Å². The predicted octanol–water partition coefficient (Wildman–Crippen LogP) is 4.44. The average molecular weight is 342 g/mol. The Morgan fingerprint density at radius 1 is 1.40 bits per heavy atom. The first-order valence-corrected chi connectivity index (χ1v) is 8.81. The third-order valence-electron chi connectivity index (χ3n) is 4.87. The standard InChI is InChI=1S/C16H28BrN3/c1-4-5-6-12-7-9-13(10-8-12)15(18-2)16-14(17)11-19-20(16)3/h11-13,15,18H,4-10H2,1-3H3. The summed E-state index contributed by atoms with van der Waals surface area (Å²) in [6, 6.07) is 0.420. The van der Waals surface area contributed by atoms with Gasteiger partial charge in [-0.2, -0.15) is 5.10 Å². The van der Waals surface area contributed by atoms with Crippen molar-refractivity contribution in [3.63, 3.8) is 0 Å². The fourth-order valence-electron chi connectivity index (χ4n) is 3.67. The lowest BCUT2D eigenvalue weighted by atomic mass is 9.76. The molecular weight excluding hydrogens is 314 g/mol. The van der Waals surface area contributed by atoms with Gasteiger partial charge in [0.05, 0.1) is 22.4 Å². The highest BCUT2D eigenvalue weighted by Crippen LogP contribution is 2.39. The highest BCUT2D eigenvalue weighted by Gasteiger charge is 2.30. The molecule has 1 N–H and O–H groups in total. The van der Waals surface area contributed by atoms with Crippen LogP contribution in [0.3, 0.4) is 0 Å². The molecule has 0 aliphatic heterocycles. The summed E-state index contributed by atoms with van der Waals surface area (Å²) in [4.78, 5) is 0. The molecule has 1 atom stereocenters. The van der Waals surface area contributed by atoms with Crippen molar-refractivity contribution >= 4 is 15.9 Å². The molecule has 1 aliphatic carbocycles. The molecular formula is C16H28BrN3. The third kappa shape index (κ3) is 3.64. The SMILES string of the molecule is CCCCC1CCC(C(NC)c2c(Br)cnn2C)CC1. The minimum Gasteiger partial charge on any atom is -0.311 e. The first-order valence-electron chi connectivity index (χ1n) is 8.02. The molecule has 0 aromatic carbocycles. The summed E-state index contributed by atoms with van der Waals surface area (Å²) in [5.41, 5.74) is 1.30. The second-order valence-corrected chi connectivity index (χ2v) is 7.05. The van der Waals surface area contributed by atoms with Gasteiger partial charge >= 0.3 is 0 Å². The summed E-state index contributed by atoms with van der Waals surface area (Å²) in [6.07, 6.45) is 11.6. The maximum atomic E-state index is 4.37. The zero-order chi connectivity index (χ0) is 14.5. The lowest BCUT2D eigenvalue weighted by molar-refractivity contribution is 0.213. The molecule has 1 saturated carbocycles. The molecule has 1 aromatic rings. The summed E-state index contributed by atoms with van der Waals surface area (Å²) >= 11 is 3.65. The highest BCUT2D eigenvalue weighted by atomic mass is 79.9. The number of aryl methyl sites for hydroxylation is 1. The molecule has 0 amide bonds. The molecule has 1 aromatic heterocycles. The molecule has 1 fully saturated rings. The van der Waals surface area contributed by atoms with E-state index in [2.05, 4.69) is 40.3 Å². The van der Waals surface area contributed by atoms with Crippen LogP contribution in [0.5, 0.6) is 0 Å². The molecule has 1 heterocycles. The number of aromatic nitrogens is 2. The van der Waals surface area contributed by atoms with E-state index < -0.39 is 0 Å². The Bertz CT molecular complexity index is 388. The fourth-order valence-corrected chi connectivity index (χ4v) is 4.26. The Hall–Kier alpha value is -0.350. The number of unbranched alkanes of at least 4 members (excludes halogenated alkanes) is 1. The van der Waals surface area contributed by atoms with Crippen molar-refractivity contribution < 1.29 is 0 Å². The number of hydrogen-bond donors (Lipinski definition) is 1. The molecule has 114 valence electrons. The van der Waals surface area contributed by atoms with Crippen LogP contribution in [-0.4, -0.2) is 16.8 Å². The number of hydrogen-bond acceptors (Lipinski definition) is 2. The lowest BCUT2D eigenvalue weighted by Gasteiger charge is -2.34. The summed E-state index contributed by atoms with van der Waals surface area (Å²) < 4.78 is 3.14. The molecule has 1 unspecified atom stereocenters. The second kappa shape index (κ2) is 7.60. The molecule has 4 heteroatoms. The molecule has 3 nitrogen and oxygen atoms in total. The number of nitrogens with one attached hydrogen (secondary N) is 1. The van der Waals surface area contributed by atoms with Gasteiger partial charge in [0, 0.05) is 7.05 Å². The van der Waals surface area contributed by atoms with E-state index in [0.717, 1.165) is 16.3 Å². The van der Waals surface area contributed by atoms with Crippen LogP contribution in [-0.2, 0) is 7.05 Å². The van der Waals surface area contributed by atoms with Crippen molar-refractivity contribution in [2.75, 3.05) is 7.05 Å². The van der Waals surface area contributed by atoms with Gasteiger partial charge in [-0.15, -0.1) is 0 Å². The van der Waals surface area contributed by atoms with Crippen molar-refractivity contribution in [2.45, 2.75) is 57.9 Å². The molecule has 20 heavy (non-hydrogen) atoms. The van der Waals surface area contributed by atoms with Crippen molar-refractivity contribution in [1.82, 2.24) is 15.1 Å². The van der Waals surface area contributed by atoms with E-state index in [-0.39, 0.29) is 0 Å². The van der Waals surface area contributed by atoms with E-state index in [4.69, 9.17) is 0 Å². The van der Waals surface area contributed by atoms with Crippen molar-refractivity contribution in [3.8, 4) is 0 Å². The van der Waals surface area contributed by atoms with Gasteiger partial charge in [-0.1, -0.05) is 39.0 Å². The van der Waals surface area contributed by atoms with Crippen LogP contribution in [0.1, 0.15) is 63.6 Å². The maximum absolute atomic E-state index is 4.37. The predicted molar refractivity (Wildman–Crippen MR) is 87.7 cm³/mol. The van der Waals surface area contributed by atoms with E-state index in [1.54, 1.807) is 0 Å². The Balaban J connectivity index is 1.97. The maximum Gasteiger partial charge on any atom is 0.0695 e. The Kier molecular flexibility index (Phi) is 6.09. The molecule has 0 spiro atoms. The summed E-state index contributed by atoms with van der Waals surface area (Å²) in [5, 5.41) is 7.89. The fraction of sp³-hybridized carbons (Fsp3) is 0.812. The van der Waals surface area contributed by atoms with Crippen molar-refractivity contribution in [3.05, 3.63) is 16.4 Å². The Morgan fingerprint density at radius 3 is 2.60 bits per heavy atom.